The van der Waals surface area contributed by atoms with E-state index in [1.165, 1.54) is 6.07 Å². The van der Waals surface area contributed by atoms with Crippen molar-refractivity contribution in [1.82, 2.24) is 9.55 Å². The highest BCUT2D eigenvalue weighted by Gasteiger charge is 2.20. The molecule has 0 aliphatic rings. The van der Waals surface area contributed by atoms with Crippen LogP contribution in [0.15, 0.2) is 28.7 Å². The zero-order valence-electron chi connectivity index (χ0n) is 11.9. The Kier molecular flexibility index (Phi) is 2.94. The third-order valence-corrected chi connectivity index (χ3v) is 3.46. The SMILES string of the molecule is COc1cccc2c1nc(-c1cc(C(=O)O)c(C)o1)n2C. The minimum Gasteiger partial charge on any atom is -0.494 e. The van der Waals surface area contributed by atoms with E-state index in [0.717, 1.165) is 5.52 Å². The van der Waals surface area contributed by atoms with Crippen molar-refractivity contribution in [2.75, 3.05) is 7.11 Å². The summed E-state index contributed by atoms with van der Waals surface area (Å²) < 4.78 is 12.7. The van der Waals surface area contributed by atoms with Crippen molar-refractivity contribution in [2.45, 2.75) is 6.92 Å². The van der Waals surface area contributed by atoms with Crippen molar-refractivity contribution < 1.29 is 19.1 Å². The van der Waals surface area contributed by atoms with E-state index in [0.29, 0.717) is 28.6 Å². The quantitative estimate of drug-likeness (QED) is 0.801. The Labute approximate surface area is 120 Å². The molecule has 3 rings (SSSR count). The molecule has 0 bridgehead atoms. The lowest BCUT2D eigenvalue weighted by molar-refractivity contribution is 0.0695. The Morgan fingerprint density at radius 3 is 2.81 bits per heavy atom. The molecular formula is C15H14N2O4. The number of benzene rings is 1. The summed E-state index contributed by atoms with van der Waals surface area (Å²) in [7, 11) is 3.44. The van der Waals surface area contributed by atoms with Gasteiger partial charge < -0.3 is 18.8 Å². The molecule has 1 aromatic carbocycles. The van der Waals surface area contributed by atoms with Crippen LogP contribution in [0.3, 0.4) is 0 Å². The largest absolute Gasteiger partial charge is 0.494 e. The van der Waals surface area contributed by atoms with Gasteiger partial charge in [0.2, 0.25) is 0 Å². The maximum absolute atomic E-state index is 11.1. The number of furan rings is 1. The Morgan fingerprint density at radius 1 is 1.43 bits per heavy atom. The van der Waals surface area contributed by atoms with Crippen LogP contribution in [-0.4, -0.2) is 27.7 Å². The van der Waals surface area contributed by atoms with Gasteiger partial charge in [-0.3, -0.25) is 0 Å². The number of nitrogens with zero attached hydrogens (tertiary/aromatic N) is 2. The molecule has 2 aromatic heterocycles. The van der Waals surface area contributed by atoms with E-state index in [1.807, 2.05) is 29.8 Å². The number of hydrogen-bond donors (Lipinski definition) is 1. The maximum Gasteiger partial charge on any atom is 0.339 e. The van der Waals surface area contributed by atoms with Crippen LogP contribution in [0.25, 0.3) is 22.6 Å². The van der Waals surface area contributed by atoms with Gasteiger partial charge in [-0.25, -0.2) is 9.78 Å². The summed E-state index contributed by atoms with van der Waals surface area (Å²) in [4.78, 5) is 15.6. The number of carboxylic acids is 1. The minimum absolute atomic E-state index is 0.143. The lowest BCUT2D eigenvalue weighted by Gasteiger charge is -2.00. The van der Waals surface area contributed by atoms with E-state index in [9.17, 15) is 4.79 Å². The van der Waals surface area contributed by atoms with Crippen LogP contribution < -0.4 is 4.74 Å². The molecule has 0 aliphatic heterocycles. The van der Waals surface area contributed by atoms with Gasteiger partial charge in [0.1, 0.15) is 22.6 Å². The number of methoxy groups -OCH3 is 1. The molecule has 0 radical (unpaired) electrons. The molecule has 0 saturated heterocycles. The standard InChI is InChI=1S/C15H14N2O4/c1-8-9(15(18)19)7-12(21-8)14-16-13-10(17(14)2)5-4-6-11(13)20-3/h4-7H,1-3H3,(H,18,19). The first-order valence-corrected chi connectivity index (χ1v) is 6.36. The molecule has 0 amide bonds. The summed E-state index contributed by atoms with van der Waals surface area (Å²) in [6.07, 6.45) is 0. The van der Waals surface area contributed by atoms with Crippen molar-refractivity contribution in [2.24, 2.45) is 7.05 Å². The highest BCUT2D eigenvalue weighted by Crippen LogP contribution is 2.31. The summed E-state index contributed by atoms with van der Waals surface area (Å²) in [5.41, 5.74) is 1.74. The van der Waals surface area contributed by atoms with Gasteiger partial charge in [0.25, 0.3) is 0 Å². The van der Waals surface area contributed by atoms with Gasteiger partial charge in [-0.2, -0.15) is 0 Å². The van der Waals surface area contributed by atoms with Crippen LogP contribution in [0.4, 0.5) is 0 Å². The second-order valence-electron chi connectivity index (χ2n) is 4.71. The fourth-order valence-corrected chi connectivity index (χ4v) is 2.38. The maximum atomic E-state index is 11.1. The molecule has 6 heteroatoms. The number of rotatable bonds is 3. The van der Waals surface area contributed by atoms with E-state index in [2.05, 4.69) is 4.98 Å². The van der Waals surface area contributed by atoms with Gasteiger partial charge >= 0.3 is 5.97 Å². The number of carbonyl (C=O) groups is 1. The van der Waals surface area contributed by atoms with Gasteiger partial charge in [-0.05, 0) is 19.1 Å². The minimum atomic E-state index is -1.01. The summed E-state index contributed by atoms with van der Waals surface area (Å²) in [6.45, 7) is 1.62. The number of hydrogen-bond acceptors (Lipinski definition) is 4. The second kappa shape index (κ2) is 4.66. The number of para-hydroxylation sites is 1. The van der Waals surface area contributed by atoms with Gasteiger partial charge in [0, 0.05) is 13.1 Å². The lowest BCUT2D eigenvalue weighted by Crippen LogP contribution is -1.95. The van der Waals surface area contributed by atoms with Crippen molar-refractivity contribution in [3.8, 4) is 17.3 Å². The third kappa shape index (κ3) is 1.96. The highest BCUT2D eigenvalue weighted by molar-refractivity contribution is 5.91. The Hall–Kier alpha value is -2.76. The molecule has 0 spiro atoms. The molecule has 108 valence electrons. The number of fused-ring (bicyclic) bond motifs is 1. The van der Waals surface area contributed by atoms with Gasteiger partial charge in [0.15, 0.2) is 11.6 Å². The average molecular weight is 286 g/mol. The van der Waals surface area contributed by atoms with E-state index in [1.54, 1.807) is 14.0 Å². The Balaban J connectivity index is 2.23. The Bertz CT molecular complexity index is 845. The smallest absolute Gasteiger partial charge is 0.339 e. The third-order valence-electron chi connectivity index (χ3n) is 3.46. The normalized spacial score (nSPS) is 11.0. The monoisotopic (exact) mass is 286 g/mol. The van der Waals surface area contributed by atoms with Gasteiger partial charge in [0.05, 0.1) is 12.6 Å². The molecule has 6 nitrogen and oxygen atoms in total. The predicted molar refractivity (Wildman–Crippen MR) is 76.7 cm³/mol. The molecule has 1 N–H and O–H groups in total. The summed E-state index contributed by atoms with van der Waals surface area (Å²) >= 11 is 0. The molecule has 0 aliphatic carbocycles. The fraction of sp³-hybridized carbons (Fsp3) is 0.200. The number of aromatic nitrogens is 2. The van der Waals surface area contributed by atoms with Gasteiger partial charge in [-0.1, -0.05) is 6.07 Å². The summed E-state index contributed by atoms with van der Waals surface area (Å²) in [6, 6.07) is 7.12. The van der Waals surface area contributed by atoms with Crippen LogP contribution in [0.2, 0.25) is 0 Å². The molecule has 0 saturated carbocycles. The van der Waals surface area contributed by atoms with E-state index >= 15 is 0 Å². The highest BCUT2D eigenvalue weighted by atomic mass is 16.5. The first-order chi connectivity index (χ1) is 10.0. The van der Waals surface area contributed by atoms with E-state index in [4.69, 9.17) is 14.3 Å². The molecule has 2 heterocycles. The summed E-state index contributed by atoms with van der Waals surface area (Å²) in [5, 5.41) is 9.11. The van der Waals surface area contributed by atoms with Crippen LogP contribution in [0.5, 0.6) is 5.75 Å². The Morgan fingerprint density at radius 2 is 2.19 bits per heavy atom. The topological polar surface area (TPSA) is 77.5 Å². The fourth-order valence-electron chi connectivity index (χ4n) is 2.38. The van der Waals surface area contributed by atoms with Crippen molar-refractivity contribution in [3.63, 3.8) is 0 Å². The number of aromatic carboxylic acids is 1. The van der Waals surface area contributed by atoms with Crippen LogP contribution in [0, 0.1) is 6.92 Å². The average Bonchev–Trinajstić information content (AvgIpc) is 3.00. The number of aryl methyl sites for hydroxylation is 2. The van der Waals surface area contributed by atoms with Gasteiger partial charge in [-0.15, -0.1) is 0 Å². The lowest BCUT2D eigenvalue weighted by atomic mass is 10.2. The number of ether oxygens (including phenoxy) is 1. The molecule has 0 fully saturated rings. The van der Waals surface area contributed by atoms with Crippen LogP contribution in [-0.2, 0) is 7.05 Å². The zero-order chi connectivity index (χ0) is 15.1. The number of imidazole rings is 1. The van der Waals surface area contributed by atoms with Crippen LogP contribution >= 0.6 is 0 Å². The van der Waals surface area contributed by atoms with E-state index in [-0.39, 0.29) is 5.56 Å². The molecule has 21 heavy (non-hydrogen) atoms. The molecule has 0 atom stereocenters. The predicted octanol–water partition coefficient (Wildman–Crippen LogP) is 2.85. The van der Waals surface area contributed by atoms with E-state index < -0.39 is 5.97 Å². The first-order valence-electron chi connectivity index (χ1n) is 6.36. The summed E-state index contributed by atoms with van der Waals surface area (Å²) in [5.74, 6) is 0.988. The molecule has 3 aromatic rings. The van der Waals surface area contributed by atoms with Crippen LogP contribution in [0.1, 0.15) is 16.1 Å². The zero-order valence-corrected chi connectivity index (χ0v) is 11.9. The van der Waals surface area contributed by atoms with Crippen molar-refractivity contribution >= 4 is 17.0 Å². The second-order valence-corrected chi connectivity index (χ2v) is 4.71. The number of carboxylic acid groups (broad SMARTS) is 1. The molecule has 0 unspecified atom stereocenters. The first kappa shape index (κ1) is 13.2. The van der Waals surface area contributed by atoms with Crippen molar-refractivity contribution in [3.05, 3.63) is 35.6 Å². The molecular weight excluding hydrogens is 272 g/mol. The van der Waals surface area contributed by atoms with Crippen molar-refractivity contribution in [1.29, 1.82) is 0 Å².